The van der Waals surface area contributed by atoms with Crippen molar-refractivity contribution in [2.45, 2.75) is 6.92 Å². The largest absolute Gasteiger partial charge is 0.399 e. The van der Waals surface area contributed by atoms with Gasteiger partial charge in [0.2, 0.25) is 5.28 Å². The molecule has 2 aromatic rings. The summed E-state index contributed by atoms with van der Waals surface area (Å²) in [5.41, 5.74) is 7.27. The second-order valence-corrected chi connectivity index (χ2v) is 3.95. The van der Waals surface area contributed by atoms with Gasteiger partial charge in [-0.15, -0.1) is 0 Å². The Hall–Kier alpha value is -1.55. The molecule has 0 fully saturated rings. The third-order valence-electron chi connectivity index (χ3n) is 2.51. The van der Waals surface area contributed by atoms with E-state index in [2.05, 4.69) is 9.97 Å². The quantitative estimate of drug-likeness (QED) is 0.642. The summed E-state index contributed by atoms with van der Waals surface area (Å²) in [6.07, 6.45) is 0. The number of nitrogens with two attached hydrogens (primary N) is 1. The highest BCUT2D eigenvalue weighted by Crippen LogP contribution is 2.26. The second kappa shape index (κ2) is 4.14. The number of hydrogen-bond acceptors (Lipinski definition) is 4. The number of rotatable bonds is 2. The maximum Gasteiger partial charge on any atom is 0.224 e. The van der Waals surface area contributed by atoms with E-state index in [1.165, 1.54) is 0 Å². The first-order valence-corrected chi connectivity index (χ1v) is 5.43. The molecule has 0 saturated carbocycles. The molecule has 5 heteroatoms. The van der Waals surface area contributed by atoms with Gasteiger partial charge in [-0.2, -0.15) is 4.98 Å². The van der Waals surface area contributed by atoms with Crippen LogP contribution in [0.5, 0.6) is 0 Å². The fourth-order valence-corrected chi connectivity index (χ4v) is 1.71. The molecule has 1 aromatic heterocycles. The molecule has 0 radical (unpaired) electrons. The van der Waals surface area contributed by atoms with Crippen molar-refractivity contribution in [3.63, 3.8) is 0 Å². The first-order chi connectivity index (χ1) is 7.61. The van der Waals surface area contributed by atoms with Crippen LogP contribution in [0.2, 0.25) is 5.28 Å². The summed E-state index contributed by atoms with van der Waals surface area (Å²) in [7, 11) is 1.96. The van der Waals surface area contributed by atoms with E-state index in [1.807, 2.05) is 31.0 Å². The zero-order chi connectivity index (χ0) is 11.7. The monoisotopic (exact) mass is 236 g/mol. The van der Waals surface area contributed by atoms with Crippen LogP contribution < -0.4 is 10.6 Å². The molecule has 4 nitrogen and oxygen atoms in total. The van der Waals surface area contributed by atoms with Crippen molar-refractivity contribution in [1.82, 2.24) is 9.97 Å². The number of halogens is 1. The Labute approximate surface area is 99.1 Å². The number of nitrogen functional groups attached to an aromatic ring is 1. The van der Waals surface area contributed by atoms with Crippen LogP contribution in [0.25, 0.3) is 10.9 Å². The van der Waals surface area contributed by atoms with Crippen LogP contribution in [0.3, 0.4) is 0 Å². The number of aromatic nitrogens is 2. The minimum absolute atomic E-state index is 0.257. The van der Waals surface area contributed by atoms with E-state index < -0.39 is 0 Å². The van der Waals surface area contributed by atoms with Crippen LogP contribution in [0.1, 0.15) is 6.92 Å². The normalized spacial score (nSPS) is 10.7. The van der Waals surface area contributed by atoms with Gasteiger partial charge in [0.25, 0.3) is 0 Å². The lowest BCUT2D eigenvalue weighted by Crippen LogP contribution is -2.18. The SMILES string of the molecule is CCN(C)c1nc(Cl)nc2ccc(N)cc12. The third-order valence-corrected chi connectivity index (χ3v) is 2.68. The highest BCUT2D eigenvalue weighted by molar-refractivity contribution is 6.28. The highest BCUT2D eigenvalue weighted by Gasteiger charge is 2.09. The lowest BCUT2D eigenvalue weighted by Gasteiger charge is -2.17. The lowest BCUT2D eigenvalue weighted by molar-refractivity contribution is 0.940. The molecule has 2 N–H and O–H groups in total. The van der Waals surface area contributed by atoms with Gasteiger partial charge in [-0.3, -0.25) is 0 Å². The summed E-state index contributed by atoms with van der Waals surface area (Å²) in [4.78, 5) is 10.4. The second-order valence-electron chi connectivity index (χ2n) is 3.61. The van der Waals surface area contributed by atoms with E-state index in [4.69, 9.17) is 17.3 Å². The Bertz CT molecular complexity index is 527. The van der Waals surface area contributed by atoms with E-state index in [0.29, 0.717) is 5.69 Å². The van der Waals surface area contributed by atoms with Crippen LogP contribution in [-0.4, -0.2) is 23.6 Å². The lowest BCUT2D eigenvalue weighted by atomic mass is 10.2. The van der Waals surface area contributed by atoms with Crippen molar-refractivity contribution in [3.8, 4) is 0 Å². The summed E-state index contributed by atoms with van der Waals surface area (Å²) < 4.78 is 0. The van der Waals surface area contributed by atoms with E-state index in [9.17, 15) is 0 Å². The molecule has 0 aliphatic rings. The van der Waals surface area contributed by atoms with Crippen molar-refractivity contribution in [1.29, 1.82) is 0 Å². The van der Waals surface area contributed by atoms with Gasteiger partial charge in [-0.05, 0) is 36.7 Å². The van der Waals surface area contributed by atoms with E-state index in [0.717, 1.165) is 23.3 Å². The maximum atomic E-state index is 5.88. The maximum absolute atomic E-state index is 5.88. The molecule has 1 aromatic carbocycles. The zero-order valence-electron chi connectivity index (χ0n) is 9.24. The zero-order valence-corrected chi connectivity index (χ0v) is 9.99. The Morgan fingerprint density at radius 3 is 2.81 bits per heavy atom. The van der Waals surface area contributed by atoms with Crippen molar-refractivity contribution < 1.29 is 0 Å². The summed E-state index contributed by atoms with van der Waals surface area (Å²) in [6.45, 7) is 2.89. The number of nitrogens with zero attached hydrogens (tertiary/aromatic N) is 3. The van der Waals surface area contributed by atoms with Crippen LogP contribution in [0.4, 0.5) is 11.5 Å². The first kappa shape index (κ1) is 11.0. The average molecular weight is 237 g/mol. The molecular weight excluding hydrogens is 224 g/mol. The van der Waals surface area contributed by atoms with Crippen molar-refractivity contribution in [2.75, 3.05) is 24.2 Å². The van der Waals surface area contributed by atoms with Gasteiger partial charge in [0.15, 0.2) is 0 Å². The van der Waals surface area contributed by atoms with Crippen LogP contribution in [-0.2, 0) is 0 Å². The van der Waals surface area contributed by atoms with Crippen molar-refractivity contribution in [3.05, 3.63) is 23.5 Å². The Balaban J connectivity index is 2.74. The fourth-order valence-electron chi connectivity index (χ4n) is 1.54. The molecule has 0 saturated heterocycles. The van der Waals surface area contributed by atoms with Gasteiger partial charge in [0.05, 0.1) is 5.52 Å². The Kier molecular flexibility index (Phi) is 2.83. The van der Waals surface area contributed by atoms with Gasteiger partial charge < -0.3 is 10.6 Å². The van der Waals surface area contributed by atoms with Crippen molar-refractivity contribution >= 4 is 34.0 Å². The molecule has 84 valence electrons. The molecule has 0 unspecified atom stereocenters. The topological polar surface area (TPSA) is 55.0 Å². The van der Waals surface area contributed by atoms with Gasteiger partial charge in [-0.25, -0.2) is 4.98 Å². The molecular formula is C11H13ClN4. The minimum Gasteiger partial charge on any atom is -0.399 e. The predicted octanol–water partition coefficient (Wildman–Crippen LogP) is 2.32. The van der Waals surface area contributed by atoms with Crippen molar-refractivity contribution in [2.24, 2.45) is 0 Å². The highest BCUT2D eigenvalue weighted by atomic mass is 35.5. The van der Waals surface area contributed by atoms with Gasteiger partial charge in [0.1, 0.15) is 5.82 Å². The number of fused-ring (bicyclic) bond motifs is 1. The molecule has 0 bridgehead atoms. The predicted molar refractivity (Wildman–Crippen MR) is 67.9 cm³/mol. The number of anilines is 2. The number of hydrogen-bond donors (Lipinski definition) is 1. The molecule has 2 rings (SSSR count). The van der Waals surface area contributed by atoms with Gasteiger partial charge in [-0.1, -0.05) is 0 Å². The number of benzene rings is 1. The molecule has 16 heavy (non-hydrogen) atoms. The summed E-state index contributed by atoms with van der Waals surface area (Å²) in [5.74, 6) is 0.810. The van der Waals surface area contributed by atoms with Gasteiger partial charge >= 0.3 is 0 Å². The summed E-state index contributed by atoms with van der Waals surface area (Å²) >= 11 is 5.88. The van der Waals surface area contributed by atoms with Gasteiger partial charge in [0, 0.05) is 24.7 Å². The van der Waals surface area contributed by atoms with E-state index >= 15 is 0 Å². The van der Waals surface area contributed by atoms with E-state index in [-0.39, 0.29) is 5.28 Å². The molecule has 0 spiro atoms. The molecule has 0 amide bonds. The van der Waals surface area contributed by atoms with Crippen LogP contribution in [0.15, 0.2) is 18.2 Å². The summed E-state index contributed by atoms with van der Waals surface area (Å²) in [6, 6.07) is 5.53. The smallest absolute Gasteiger partial charge is 0.224 e. The fraction of sp³-hybridized carbons (Fsp3) is 0.273. The van der Waals surface area contributed by atoms with Crippen LogP contribution >= 0.6 is 11.6 Å². The Morgan fingerprint density at radius 2 is 2.12 bits per heavy atom. The standard InChI is InChI=1S/C11H13ClN4/c1-3-16(2)10-8-6-7(13)4-5-9(8)14-11(12)15-10/h4-6H,3,13H2,1-2H3. The third kappa shape index (κ3) is 1.88. The molecule has 1 heterocycles. The van der Waals surface area contributed by atoms with E-state index in [1.54, 1.807) is 6.07 Å². The summed E-state index contributed by atoms with van der Waals surface area (Å²) in [5, 5.41) is 1.18. The Morgan fingerprint density at radius 1 is 1.38 bits per heavy atom. The first-order valence-electron chi connectivity index (χ1n) is 5.05. The molecule has 0 aliphatic heterocycles. The molecule has 0 aliphatic carbocycles. The average Bonchev–Trinajstić information content (AvgIpc) is 2.27. The molecule has 0 atom stereocenters. The minimum atomic E-state index is 0.257. The van der Waals surface area contributed by atoms with Crippen LogP contribution in [0, 0.1) is 0 Å².